The molecule has 0 unspecified atom stereocenters. The van der Waals surface area contributed by atoms with Crippen LogP contribution in [0.2, 0.25) is 0 Å². The lowest BCUT2D eigenvalue weighted by molar-refractivity contribution is 0.190. The van der Waals surface area contributed by atoms with E-state index in [1.807, 2.05) is 0 Å². The molecule has 1 saturated carbocycles. The molecule has 1 rings (SSSR count). The fourth-order valence-electron chi connectivity index (χ4n) is 2.36. The van der Waals surface area contributed by atoms with Crippen molar-refractivity contribution in [3.8, 4) is 0 Å². The van der Waals surface area contributed by atoms with Crippen molar-refractivity contribution in [2.75, 3.05) is 0 Å². The van der Waals surface area contributed by atoms with E-state index < -0.39 is 0 Å². The zero-order valence-electron chi connectivity index (χ0n) is 9.69. The van der Waals surface area contributed by atoms with Crippen molar-refractivity contribution in [2.24, 2.45) is 5.41 Å². The summed E-state index contributed by atoms with van der Waals surface area (Å²) in [5, 5.41) is 3.72. The van der Waals surface area contributed by atoms with Gasteiger partial charge in [-0.1, -0.05) is 27.2 Å². The van der Waals surface area contributed by atoms with Crippen LogP contribution in [0.1, 0.15) is 59.8 Å². The molecule has 0 aromatic rings. The van der Waals surface area contributed by atoms with Gasteiger partial charge >= 0.3 is 0 Å². The molecule has 2 atom stereocenters. The molecule has 1 heteroatoms. The van der Waals surface area contributed by atoms with Gasteiger partial charge in [0.1, 0.15) is 0 Å². The highest BCUT2D eigenvalue weighted by atomic mass is 14.9. The van der Waals surface area contributed by atoms with E-state index in [9.17, 15) is 0 Å². The molecule has 13 heavy (non-hydrogen) atoms. The van der Waals surface area contributed by atoms with Crippen molar-refractivity contribution in [1.29, 1.82) is 0 Å². The molecule has 0 aliphatic heterocycles. The minimum Gasteiger partial charge on any atom is -0.311 e. The van der Waals surface area contributed by atoms with Gasteiger partial charge in [-0.05, 0) is 38.0 Å². The molecule has 0 saturated heterocycles. The summed E-state index contributed by atoms with van der Waals surface area (Å²) in [6.07, 6.45) is 6.80. The summed E-state index contributed by atoms with van der Waals surface area (Å²) in [4.78, 5) is 0. The first-order valence-corrected chi connectivity index (χ1v) is 5.79. The second-order valence-electron chi connectivity index (χ2n) is 5.43. The summed E-state index contributed by atoms with van der Waals surface area (Å²) in [7, 11) is 0. The van der Waals surface area contributed by atoms with Crippen molar-refractivity contribution >= 4 is 0 Å². The second kappa shape index (κ2) is 4.45. The minimum atomic E-state index is 0.573. The van der Waals surface area contributed by atoms with Crippen LogP contribution in [0.15, 0.2) is 0 Å². The maximum Gasteiger partial charge on any atom is 0.00746 e. The van der Waals surface area contributed by atoms with Crippen molar-refractivity contribution in [3.63, 3.8) is 0 Å². The number of nitrogens with one attached hydrogen (secondary N) is 1. The van der Waals surface area contributed by atoms with Gasteiger partial charge in [0.25, 0.3) is 0 Å². The van der Waals surface area contributed by atoms with Crippen LogP contribution in [0.5, 0.6) is 0 Å². The summed E-state index contributed by atoms with van der Waals surface area (Å²) in [5.74, 6) is 0. The van der Waals surface area contributed by atoms with E-state index >= 15 is 0 Å². The molecule has 1 nitrogen and oxygen atoms in total. The molecular formula is C12H25N. The van der Waals surface area contributed by atoms with Gasteiger partial charge in [-0.3, -0.25) is 0 Å². The van der Waals surface area contributed by atoms with E-state index in [1.54, 1.807) is 0 Å². The van der Waals surface area contributed by atoms with Gasteiger partial charge in [0.15, 0.2) is 0 Å². The number of hydrogen-bond acceptors (Lipinski definition) is 1. The fourth-order valence-corrected chi connectivity index (χ4v) is 2.36. The minimum absolute atomic E-state index is 0.573. The lowest BCUT2D eigenvalue weighted by Gasteiger charge is -2.36. The third-order valence-electron chi connectivity index (χ3n) is 3.34. The Labute approximate surface area is 83.3 Å². The van der Waals surface area contributed by atoms with Crippen molar-refractivity contribution in [3.05, 3.63) is 0 Å². The maximum atomic E-state index is 3.72. The first kappa shape index (κ1) is 11.0. The largest absolute Gasteiger partial charge is 0.311 e. The van der Waals surface area contributed by atoms with Gasteiger partial charge in [-0.2, -0.15) is 0 Å². The number of hydrogen-bond donors (Lipinski definition) is 1. The average molecular weight is 183 g/mol. The molecule has 1 N–H and O–H groups in total. The highest BCUT2D eigenvalue weighted by molar-refractivity contribution is 4.84. The van der Waals surface area contributed by atoms with Crippen LogP contribution in [-0.4, -0.2) is 12.1 Å². The zero-order valence-corrected chi connectivity index (χ0v) is 9.69. The highest BCUT2D eigenvalue weighted by Gasteiger charge is 2.27. The summed E-state index contributed by atoms with van der Waals surface area (Å²) < 4.78 is 0. The molecule has 0 heterocycles. The summed E-state index contributed by atoms with van der Waals surface area (Å²) in [6, 6.07) is 1.47. The predicted octanol–water partition coefficient (Wildman–Crippen LogP) is 3.34. The van der Waals surface area contributed by atoms with Crippen LogP contribution in [0.3, 0.4) is 0 Å². The lowest BCUT2D eigenvalue weighted by Crippen LogP contribution is -2.41. The van der Waals surface area contributed by atoms with Gasteiger partial charge in [-0.25, -0.2) is 0 Å². The normalized spacial score (nSPS) is 30.0. The Balaban J connectivity index is 2.34. The predicted molar refractivity (Wildman–Crippen MR) is 58.9 cm³/mol. The van der Waals surface area contributed by atoms with Gasteiger partial charge in [0.05, 0.1) is 0 Å². The Morgan fingerprint density at radius 2 is 2.15 bits per heavy atom. The first-order valence-electron chi connectivity index (χ1n) is 5.79. The summed E-state index contributed by atoms with van der Waals surface area (Å²) >= 11 is 0. The molecule has 0 amide bonds. The van der Waals surface area contributed by atoms with Crippen molar-refractivity contribution in [1.82, 2.24) is 5.32 Å². The van der Waals surface area contributed by atoms with Gasteiger partial charge in [0, 0.05) is 12.1 Å². The van der Waals surface area contributed by atoms with Crippen LogP contribution < -0.4 is 5.32 Å². The van der Waals surface area contributed by atoms with Crippen LogP contribution >= 0.6 is 0 Å². The van der Waals surface area contributed by atoms with Crippen LogP contribution in [-0.2, 0) is 0 Å². The fraction of sp³-hybridized carbons (Fsp3) is 1.00. The van der Waals surface area contributed by atoms with Crippen LogP contribution in [0.25, 0.3) is 0 Å². The SMILES string of the molecule is CC[C@H](C)N[C@H]1CCCC(C)(C)C1. The molecule has 0 spiro atoms. The molecule has 0 radical (unpaired) electrons. The van der Waals surface area contributed by atoms with E-state index in [4.69, 9.17) is 0 Å². The van der Waals surface area contributed by atoms with Gasteiger partial charge < -0.3 is 5.32 Å². The molecule has 1 fully saturated rings. The maximum absolute atomic E-state index is 3.72. The highest BCUT2D eigenvalue weighted by Crippen LogP contribution is 2.35. The Bertz CT molecular complexity index is 151. The molecule has 1 aliphatic rings. The molecule has 0 aromatic carbocycles. The van der Waals surface area contributed by atoms with E-state index in [0.717, 1.165) is 6.04 Å². The summed E-state index contributed by atoms with van der Waals surface area (Å²) in [6.45, 7) is 9.35. The second-order valence-corrected chi connectivity index (χ2v) is 5.43. The van der Waals surface area contributed by atoms with Crippen molar-refractivity contribution < 1.29 is 0 Å². The Kier molecular flexibility index (Phi) is 3.78. The third-order valence-corrected chi connectivity index (χ3v) is 3.34. The van der Waals surface area contributed by atoms with Gasteiger partial charge in [-0.15, -0.1) is 0 Å². The first-order chi connectivity index (χ1) is 6.03. The molecule has 0 bridgehead atoms. The van der Waals surface area contributed by atoms with Crippen LogP contribution in [0.4, 0.5) is 0 Å². The van der Waals surface area contributed by atoms with E-state index in [-0.39, 0.29) is 0 Å². The van der Waals surface area contributed by atoms with Crippen LogP contribution in [0, 0.1) is 5.41 Å². The lowest BCUT2D eigenvalue weighted by atomic mass is 9.75. The monoisotopic (exact) mass is 183 g/mol. The smallest absolute Gasteiger partial charge is 0.00746 e. The standard InChI is InChI=1S/C12H25N/c1-5-10(2)13-11-7-6-8-12(3,4)9-11/h10-11,13H,5-9H2,1-4H3/t10-,11-/m0/s1. The van der Waals surface area contributed by atoms with Crippen molar-refractivity contribution in [2.45, 2.75) is 71.9 Å². The molecule has 0 aromatic heterocycles. The summed E-state index contributed by atoms with van der Waals surface area (Å²) in [5.41, 5.74) is 0.573. The van der Waals surface area contributed by atoms with Gasteiger partial charge in [0.2, 0.25) is 0 Å². The quantitative estimate of drug-likeness (QED) is 0.707. The Morgan fingerprint density at radius 1 is 1.46 bits per heavy atom. The molecule has 1 aliphatic carbocycles. The van der Waals surface area contributed by atoms with E-state index in [0.29, 0.717) is 11.5 Å². The van der Waals surface area contributed by atoms with E-state index in [1.165, 1.54) is 32.1 Å². The molecule has 78 valence electrons. The van der Waals surface area contributed by atoms with E-state index in [2.05, 4.69) is 33.0 Å². The zero-order chi connectivity index (χ0) is 9.90. The Morgan fingerprint density at radius 3 is 2.69 bits per heavy atom. The average Bonchev–Trinajstić information content (AvgIpc) is 2.02. The molecular weight excluding hydrogens is 158 g/mol. The topological polar surface area (TPSA) is 12.0 Å². The number of rotatable bonds is 3. The third kappa shape index (κ3) is 3.68. The Hall–Kier alpha value is -0.0400.